The molecule has 1 aromatic rings. The Balaban J connectivity index is 1.93. The minimum absolute atomic E-state index is 0.113. The van der Waals surface area contributed by atoms with Crippen molar-refractivity contribution in [2.45, 2.75) is 13.0 Å². The summed E-state index contributed by atoms with van der Waals surface area (Å²) in [5.41, 5.74) is 2.02. The fourth-order valence-corrected chi connectivity index (χ4v) is 2.13. The van der Waals surface area contributed by atoms with E-state index in [4.69, 9.17) is 5.11 Å². The van der Waals surface area contributed by atoms with Crippen molar-refractivity contribution in [3.8, 4) is 0 Å². The Kier molecular flexibility index (Phi) is 4.90. The van der Waals surface area contributed by atoms with Crippen LogP contribution in [-0.4, -0.2) is 41.5 Å². The summed E-state index contributed by atoms with van der Waals surface area (Å²) in [5.74, 6) is -0.836. The molecular weight excluding hydrogens is 256 g/mol. The summed E-state index contributed by atoms with van der Waals surface area (Å²) in [5, 5.41) is 11.4. The number of carbonyl (C=O) groups excluding carboxylic acids is 1. The maximum absolute atomic E-state index is 11.3. The highest BCUT2D eigenvalue weighted by Crippen LogP contribution is 2.10. The first-order valence-electron chi connectivity index (χ1n) is 6.62. The Morgan fingerprint density at radius 1 is 1.30 bits per heavy atom. The molecule has 1 fully saturated rings. The lowest BCUT2D eigenvalue weighted by Gasteiger charge is -2.18. The molecule has 5 nitrogen and oxygen atoms in total. The topological polar surface area (TPSA) is 69.6 Å². The second kappa shape index (κ2) is 6.86. The van der Waals surface area contributed by atoms with Gasteiger partial charge in [-0.3, -0.25) is 9.69 Å². The Morgan fingerprint density at radius 3 is 2.75 bits per heavy atom. The van der Waals surface area contributed by atoms with Gasteiger partial charge in [-0.15, -0.1) is 0 Å². The molecule has 1 aromatic carbocycles. The first-order valence-corrected chi connectivity index (χ1v) is 6.62. The predicted octanol–water partition coefficient (Wildman–Crippen LogP) is 1.11. The van der Waals surface area contributed by atoms with Crippen LogP contribution < -0.4 is 5.32 Å². The third-order valence-corrected chi connectivity index (χ3v) is 3.21. The zero-order valence-electron chi connectivity index (χ0n) is 11.2. The van der Waals surface area contributed by atoms with Gasteiger partial charge in [-0.25, -0.2) is 4.79 Å². The van der Waals surface area contributed by atoms with Gasteiger partial charge >= 0.3 is 5.97 Å². The molecule has 0 saturated carbocycles. The van der Waals surface area contributed by atoms with Crippen molar-refractivity contribution in [3.05, 3.63) is 41.5 Å². The molecule has 5 heteroatoms. The molecule has 0 aromatic heterocycles. The van der Waals surface area contributed by atoms with Gasteiger partial charge in [-0.2, -0.15) is 0 Å². The summed E-state index contributed by atoms with van der Waals surface area (Å²) in [4.78, 5) is 23.9. The van der Waals surface area contributed by atoms with E-state index in [2.05, 4.69) is 10.2 Å². The molecule has 0 bridgehead atoms. The Labute approximate surface area is 117 Å². The molecule has 0 unspecified atom stereocenters. The number of benzene rings is 1. The second-order valence-corrected chi connectivity index (χ2v) is 4.79. The highest BCUT2D eigenvalue weighted by atomic mass is 16.4. The first kappa shape index (κ1) is 14.3. The lowest BCUT2D eigenvalue weighted by atomic mass is 10.1. The zero-order valence-corrected chi connectivity index (χ0v) is 11.2. The van der Waals surface area contributed by atoms with Crippen LogP contribution in [0.5, 0.6) is 0 Å². The van der Waals surface area contributed by atoms with Crippen LogP contribution in [0, 0.1) is 0 Å². The Hall–Kier alpha value is -2.14. The summed E-state index contributed by atoms with van der Waals surface area (Å²) < 4.78 is 0. The average molecular weight is 274 g/mol. The molecule has 2 rings (SSSR count). The number of carbonyl (C=O) groups is 2. The molecule has 1 aliphatic heterocycles. The van der Waals surface area contributed by atoms with Gasteiger partial charge < -0.3 is 10.4 Å². The summed E-state index contributed by atoms with van der Waals surface area (Å²) in [6, 6.07) is 7.77. The monoisotopic (exact) mass is 274 g/mol. The molecule has 0 aliphatic carbocycles. The summed E-state index contributed by atoms with van der Waals surface area (Å²) in [7, 11) is 0. The number of carboxylic acid groups (broad SMARTS) is 1. The smallest absolute Gasteiger partial charge is 0.328 e. The van der Waals surface area contributed by atoms with Crippen LogP contribution >= 0.6 is 0 Å². The molecule has 1 saturated heterocycles. The molecular formula is C15H18N2O3. The normalized spacial score (nSPS) is 16.9. The minimum Gasteiger partial charge on any atom is -0.478 e. The number of carboxylic acids is 1. The number of hydrogen-bond acceptors (Lipinski definition) is 3. The number of aliphatic carboxylic acids is 1. The number of nitrogens with one attached hydrogen (secondary N) is 1. The third kappa shape index (κ3) is 4.51. The van der Waals surface area contributed by atoms with Crippen molar-refractivity contribution in [3.63, 3.8) is 0 Å². The largest absolute Gasteiger partial charge is 0.478 e. The minimum atomic E-state index is -0.948. The average Bonchev–Trinajstić information content (AvgIpc) is 2.63. The molecule has 20 heavy (non-hydrogen) atoms. The number of nitrogens with zero attached hydrogens (tertiary/aromatic N) is 1. The fourth-order valence-electron chi connectivity index (χ4n) is 2.13. The van der Waals surface area contributed by atoms with Gasteiger partial charge in [0, 0.05) is 38.7 Å². The summed E-state index contributed by atoms with van der Waals surface area (Å²) in [6.07, 6.45) is 3.24. The lowest BCUT2D eigenvalue weighted by Crippen LogP contribution is -2.28. The van der Waals surface area contributed by atoms with E-state index < -0.39 is 5.97 Å². The van der Waals surface area contributed by atoms with E-state index >= 15 is 0 Å². The van der Waals surface area contributed by atoms with Gasteiger partial charge in [-0.05, 0) is 17.2 Å². The SMILES string of the molecule is O=C(O)C=Cc1ccc(CN2CCNC(=O)CC2)cc1. The predicted molar refractivity (Wildman–Crippen MR) is 76.0 cm³/mol. The first-order chi connectivity index (χ1) is 9.63. The number of hydrogen-bond donors (Lipinski definition) is 2. The third-order valence-electron chi connectivity index (χ3n) is 3.21. The van der Waals surface area contributed by atoms with E-state index in [0.29, 0.717) is 13.0 Å². The Bertz CT molecular complexity index is 508. The standard InChI is InChI=1S/C15H18N2O3/c18-14-7-9-17(10-8-16-14)11-13-3-1-12(2-4-13)5-6-15(19)20/h1-6H,7-11H2,(H,16,18)(H,19,20). The van der Waals surface area contributed by atoms with Crippen molar-refractivity contribution in [2.75, 3.05) is 19.6 Å². The van der Waals surface area contributed by atoms with Crippen molar-refractivity contribution < 1.29 is 14.7 Å². The van der Waals surface area contributed by atoms with Crippen LogP contribution in [0.2, 0.25) is 0 Å². The van der Waals surface area contributed by atoms with E-state index in [0.717, 1.165) is 36.8 Å². The van der Waals surface area contributed by atoms with E-state index in [9.17, 15) is 9.59 Å². The van der Waals surface area contributed by atoms with Crippen LogP contribution in [0.25, 0.3) is 6.08 Å². The van der Waals surface area contributed by atoms with E-state index in [1.54, 1.807) is 6.08 Å². The molecule has 1 aliphatic rings. The van der Waals surface area contributed by atoms with E-state index in [1.807, 2.05) is 24.3 Å². The van der Waals surface area contributed by atoms with Gasteiger partial charge in [0.2, 0.25) is 5.91 Å². The van der Waals surface area contributed by atoms with Crippen molar-refractivity contribution in [1.82, 2.24) is 10.2 Å². The molecule has 1 heterocycles. The molecule has 2 N–H and O–H groups in total. The Morgan fingerprint density at radius 2 is 2.05 bits per heavy atom. The van der Waals surface area contributed by atoms with Gasteiger partial charge in [0.05, 0.1) is 0 Å². The summed E-state index contributed by atoms with van der Waals surface area (Å²) >= 11 is 0. The fraction of sp³-hybridized carbons (Fsp3) is 0.333. The van der Waals surface area contributed by atoms with Crippen LogP contribution in [-0.2, 0) is 16.1 Å². The molecule has 0 atom stereocenters. The maximum Gasteiger partial charge on any atom is 0.328 e. The number of amides is 1. The van der Waals surface area contributed by atoms with Gasteiger partial charge in [0.15, 0.2) is 0 Å². The molecule has 1 amide bonds. The van der Waals surface area contributed by atoms with Crippen molar-refractivity contribution in [1.29, 1.82) is 0 Å². The molecule has 0 spiro atoms. The number of rotatable bonds is 4. The summed E-state index contributed by atoms with van der Waals surface area (Å²) in [6.45, 7) is 3.12. The quantitative estimate of drug-likeness (QED) is 0.807. The van der Waals surface area contributed by atoms with Gasteiger partial charge in [0.1, 0.15) is 0 Å². The lowest BCUT2D eigenvalue weighted by molar-refractivity contribution is -0.131. The molecule has 106 valence electrons. The van der Waals surface area contributed by atoms with Crippen molar-refractivity contribution in [2.24, 2.45) is 0 Å². The molecule has 0 radical (unpaired) electrons. The van der Waals surface area contributed by atoms with Crippen LogP contribution in [0.4, 0.5) is 0 Å². The van der Waals surface area contributed by atoms with E-state index in [-0.39, 0.29) is 5.91 Å². The highest BCUT2D eigenvalue weighted by Gasteiger charge is 2.13. The van der Waals surface area contributed by atoms with E-state index in [1.165, 1.54) is 0 Å². The van der Waals surface area contributed by atoms with Crippen molar-refractivity contribution >= 4 is 18.0 Å². The van der Waals surface area contributed by atoms with Crippen LogP contribution in [0.3, 0.4) is 0 Å². The zero-order chi connectivity index (χ0) is 14.4. The second-order valence-electron chi connectivity index (χ2n) is 4.79. The van der Waals surface area contributed by atoms with Crippen LogP contribution in [0.15, 0.2) is 30.3 Å². The highest BCUT2D eigenvalue weighted by molar-refractivity contribution is 5.85. The van der Waals surface area contributed by atoms with Gasteiger partial charge in [0.25, 0.3) is 0 Å². The maximum atomic E-state index is 11.3. The van der Waals surface area contributed by atoms with Gasteiger partial charge in [-0.1, -0.05) is 24.3 Å². The van der Waals surface area contributed by atoms with Crippen LogP contribution in [0.1, 0.15) is 17.5 Å².